The van der Waals surface area contributed by atoms with Crippen LogP contribution in [0.25, 0.3) is 0 Å². The fourth-order valence-electron chi connectivity index (χ4n) is 2.14. The van der Waals surface area contributed by atoms with Gasteiger partial charge in [0, 0.05) is 37.4 Å². The smallest absolute Gasteiger partial charge is 0.319 e. The number of rotatable bonds is 6. The molecular formula is C17H22N4O2S. The van der Waals surface area contributed by atoms with Crippen LogP contribution in [0.4, 0.5) is 10.5 Å². The third kappa shape index (κ3) is 5.34. The lowest BCUT2D eigenvalue weighted by Gasteiger charge is -2.13. The highest BCUT2D eigenvalue weighted by atomic mass is 32.1. The minimum absolute atomic E-state index is 0.205. The molecule has 24 heavy (non-hydrogen) atoms. The Kier molecular flexibility index (Phi) is 6.31. The summed E-state index contributed by atoms with van der Waals surface area (Å²) in [4.78, 5) is 30.7. The Labute approximate surface area is 145 Å². The normalized spacial score (nSPS) is 11.6. The predicted molar refractivity (Wildman–Crippen MR) is 96.5 cm³/mol. The van der Waals surface area contributed by atoms with Gasteiger partial charge in [0.2, 0.25) is 0 Å². The molecule has 0 unspecified atom stereocenters. The number of pyridine rings is 1. The summed E-state index contributed by atoms with van der Waals surface area (Å²) >= 11 is 1.72. The number of anilines is 1. The van der Waals surface area contributed by atoms with Crippen molar-refractivity contribution in [1.82, 2.24) is 15.2 Å². The van der Waals surface area contributed by atoms with Gasteiger partial charge in [-0.15, -0.1) is 11.3 Å². The molecule has 0 aliphatic rings. The van der Waals surface area contributed by atoms with Crippen molar-refractivity contribution >= 4 is 29.0 Å². The van der Waals surface area contributed by atoms with Crippen molar-refractivity contribution in [1.29, 1.82) is 0 Å². The van der Waals surface area contributed by atoms with E-state index in [0.717, 1.165) is 6.42 Å². The molecule has 7 heteroatoms. The topological polar surface area (TPSA) is 74.3 Å². The van der Waals surface area contributed by atoms with E-state index in [1.165, 1.54) is 16.0 Å². The average molecular weight is 346 g/mol. The van der Waals surface area contributed by atoms with Crippen LogP contribution in [0.5, 0.6) is 0 Å². The summed E-state index contributed by atoms with van der Waals surface area (Å²) < 4.78 is 0. The number of amides is 3. The second-order valence-corrected chi connectivity index (χ2v) is 6.89. The number of carbonyl (C=O) groups is 2. The van der Waals surface area contributed by atoms with Crippen LogP contribution >= 0.6 is 11.3 Å². The van der Waals surface area contributed by atoms with Crippen molar-refractivity contribution in [2.45, 2.75) is 13.3 Å². The summed E-state index contributed by atoms with van der Waals surface area (Å²) in [5, 5.41) is 7.64. The molecule has 0 bridgehead atoms. The van der Waals surface area contributed by atoms with Gasteiger partial charge in [0.1, 0.15) is 5.69 Å². The molecule has 0 aromatic carbocycles. The number of hydrogen-bond acceptors (Lipinski definition) is 4. The molecule has 0 aliphatic heterocycles. The predicted octanol–water partition coefficient (Wildman–Crippen LogP) is 2.85. The molecule has 0 saturated heterocycles. The second kappa shape index (κ2) is 8.44. The zero-order valence-corrected chi connectivity index (χ0v) is 14.9. The summed E-state index contributed by atoms with van der Waals surface area (Å²) in [6, 6.07) is 7.06. The van der Waals surface area contributed by atoms with Gasteiger partial charge >= 0.3 is 6.03 Å². The highest BCUT2D eigenvalue weighted by Gasteiger charge is 2.11. The Bertz CT molecular complexity index is 686. The van der Waals surface area contributed by atoms with E-state index in [9.17, 15) is 9.59 Å². The summed E-state index contributed by atoms with van der Waals surface area (Å²) in [6.45, 7) is 2.68. The molecule has 3 amide bonds. The van der Waals surface area contributed by atoms with E-state index in [-0.39, 0.29) is 11.9 Å². The Morgan fingerprint density at radius 3 is 2.79 bits per heavy atom. The van der Waals surface area contributed by atoms with Crippen molar-refractivity contribution < 1.29 is 9.59 Å². The minimum atomic E-state index is -0.289. The van der Waals surface area contributed by atoms with E-state index in [2.05, 4.69) is 34.0 Å². The van der Waals surface area contributed by atoms with E-state index < -0.39 is 0 Å². The Morgan fingerprint density at radius 1 is 1.33 bits per heavy atom. The van der Waals surface area contributed by atoms with Crippen LogP contribution in [0.15, 0.2) is 35.8 Å². The summed E-state index contributed by atoms with van der Waals surface area (Å²) in [7, 11) is 3.32. The average Bonchev–Trinajstić information content (AvgIpc) is 3.05. The van der Waals surface area contributed by atoms with Crippen molar-refractivity contribution in [3.05, 3.63) is 46.4 Å². The summed E-state index contributed by atoms with van der Waals surface area (Å²) in [5.41, 5.74) is 0.836. The van der Waals surface area contributed by atoms with Gasteiger partial charge in [-0.2, -0.15) is 0 Å². The van der Waals surface area contributed by atoms with Crippen LogP contribution < -0.4 is 10.6 Å². The van der Waals surface area contributed by atoms with Crippen LogP contribution in [0.3, 0.4) is 0 Å². The van der Waals surface area contributed by atoms with Gasteiger partial charge in [0.15, 0.2) is 0 Å². The lowest BCUT2D eigenvalue weighted by molar-refractivity contribution is 0.0822. The molecule has 0 aliphatic carbocycles. The number of nitrogens with zero attached hydrogens (tertiary/aromatic N) is 2. The molecule has 0 fully saturated rings. The lowest BCUT2D eigenvalue weighted by atomic mass is 10.1. The SMILES string of the molecule is C[C@H](CNC(=O)Nc1ccnc(C(=O)N(C)C)c1)Cc1cccs1. The first kappa shape index (κ1) is 17.9. The molecule has 1 atom stereocenters. The largest absolute Gasteiger partial charge is 0.343 e. The zero-order chi connectivity index (χ0) is 17.5. The fraction of sp³-hybridized carbons (Fsp3) is 0.353. The maximum atomic E-state index is 12.0. The Balaban J connectivity index is 1.83. The highest BCUT2D eigenvalue weighted by molar-refractivity contribution is 7.09. The Morgan fingerprint density at radius 2 is 2.12 bits per heavy atom. The van der Waals surface area contributed by atoms with Gasteiger partial charge in [-0.25, -0.2) is 4.79 Å². The first-order valence-corrected chi connectivity index (χ1v) is 8.58. The van der Waals surface area contributed by atoms with Crippen LogP contribution in [0.1, 0.15) is 22.3 Å². The number of nitrogens with one attached hydrogen (secondary N) is 2. The quantitative estimate of drug-likeness (QED) is 0.844. The molecule has 0 saturated carbocycles. The molecule has 2 aromatic heterocycles. The molecule has 0 spiro atoms. The minimum Gasteiger partial charge on any atom is -0.343 e. The van der Waals surface area contributed by atoms with Crippen LogP contribution in [-0.2, 0) is 6.42 Å². The van der Waals surface area contributed by atoms with Gasteiger partial charge in [-0.1, -0.05) is 13.0 Å². The van der Waals surface area contributed by atoms with E-state index in [1.54, 1.807) is 37.6 Å². The third-order valence-corrected chi connectivity index (χ3v) is 4.28. The van der Waals surface area contributed by atoms with Gasteiger partial charge in [-0.05, 0) is 35.9 Å². The van der Waals surface area contributed by atoms with E-state index >= 15 is 0 Å². The zero-order valence-electron chi connectivity index (χ0n) is 14.1. The summed E-state index contributed by atoms with van der Waals surface area (Å²) in [5.74, 6) is 0.140. The van der Waals surface area contributed by atoms with Crippen molar-refractivity contribution in [3.63, 3.8) is 0 Å². The molecule has 6 nitrogen and oxygen atoms in total. The van der Waals surface area contributed by atoms with E-state index in [4.69, 9.17) is 0 Å². The van der Waals surface area contributed by atoms with Crippen molar-refractivity contribution in [2.24, 2.45) is 5.92 Å². The van der Waals surface area contributed by atoms with Gasteiger partial charge < -0.3 is 15.5 Å². The Hall–Kier alpha value is -2.41. The number of carbonyl (C=O) groups excluding carboxylic acids is 2. The molecular weight excluding hydrogens is 324 g/mol. The number of thiophene rings is 1. The maximum absolute atomic E-state index is 12.0. The number of urea groups is 1. The van der Waals surface area contributed by atoms with Gasteiger partial charge in [-0.3, -0.25) is 9.78 Å². The van der Waals surface area contributed by atoms with Gasteiger partial charge in [0.05, 0.1) is 0 Å². The first-order valence-electron chi connectivity index (χ1n) is 7.70. The molecule has 2 aromatic rings. The molecule has 2 heterocycles. The van der Waals surface area contributed by atoms with Crippen LogP contribution in [-0.4, -0.2) is 42.5 Å². The van der Waals surface area contributed by atoms with E-state index in [0.29, 0.717) is 23.8 Å². The third-order valence-electron chi connectivity index (χ3n) is 3.38. The summed E-state index contributed by atoms with van der Waals surface area (Å²) in [6.07, 6.45) is 2.44. The standard InChI is InChI=1S/C17H22N4O2S/c1-12(9-14-5-4-8-24-14)11-19-17(23)20-13-6-7-18-15(10-13)16(22)21(2)3/h4-8,10,12H,9,11H2,1-3H3,(H2,18,19,20,23)/t12-/m0/s1. The monoisotopic (exact) mass is 346 g/mol. The first-order chi connectivity index (χ1) is 11.5. The van der Waals surface area contributed by atoms with Crippen molar-refractivity contribution in [2.75, 3.05) is 26.0 Å². The second-order valence-electron chi connectivity index (χ2n) is 5.85. The highest BCUT2D eigenvalue weighted by Crippen LogP contribution is 2.14. The van der Waals surface area contributed by atoms with Crippen molar-refractivity contribution in [3.8, 4) is 0 Å². The van der Waals surface area contributed by atoms with Crippen LogP contribution in [0, 0.1) is 5.92 Å². The van der Waals surface area contributed by atoms with Crippen LogP contribution in [0.2, 0.25) is 0 Å². The molecule has 2 N–H and O–H groups in total. The molecule has 128 valence electrons. The van der Waals surface area contributed by atoms with Gasteiger partial charge in [0.25, 0.3) is 5.91 Å². The molecule has 0 radical (unpaired) electrons. The lowest BCUT2D eigenvalue weighted by Crippen LogP contribution is -2.33. The number of hydrogen-bond donors (Lipinski definition) is 2. The molecule has 2 rings (SSSR count). The van der Waals surface area contributed by atoms with E-state index in [1.807, 2.05) is 6.07 Å². The number of aromatic nitrogens is 1. The maximum Gasteiger partial charge on any atom is 0.319 e. The fourth-order valence-corrected chi connectivity index (χ4v) is 3.01.